The van der Waals surface area contributed by atoms with Gasteiger partial charge in [0.25, 0.3) is 0 Å². The Morgan fingerprint density at radius 3 is 1.54 bits per heavy atom. The van der Waals surface area contributed by atoms with Gasteiger partial charge in [0.1, 0.15) is 0 Å². The summed E-state index contributed by atoms with van der Waals surface area (Å²) in [6.45, 7) is 0. The standard InChI is InChI=1S/C52H33N5/c1-2-12-37(13-3-1)50-45-17-5-9-19-47(45)55-52(56-50)41-31-39(30-40(32-41)51-53-33-38-14-4-8-18-46(38)54-51)36-24-22-34(23-25-36)35-26-28-42(29-27-35)57-48-20-10-6-15-43(48)44-16-7-11-21-49(44)57/h1-33H. The van der Waals surface area contributed by atoms with E-state index in [1.54, 1.807) is 0 Å². The number of rotatable bonds is 6. The Morgan fingerprint density at radius 2 is 0.842 bits per heavy atom. The zero-order valence-corrected chi connectivity index (χ0v) is 30.8. The van der Waals surface area contributed by atoms with Crippen LogP contribution in [0.4, 0.5) is 0 Å². The van der Waals surface area contributed by atoms with Gasteiger partial charge in [0, 0.05) is 50.1 Å². The first kappa shape index (κ1) is 32.7. The van der Waals surface area contributed by atoms with Crippen LogP contribution in [0.15, 0.2) is 200 Å². The number of hydrogen-bond acceptors (Lipinski definition) is 4. The second-order valence-corrected chi connectivity index (χ2v) is 14.3. The molecule has 0 radical (unpaired) electrons. The largest absolute Gasteiger partial charge is 0.309 e. The molecule has 11 rings (SSSR count). The molecule has 0 spiro atoms. The van der Waals surface area contributed by atoms with Gasteiger partial charge in [0.2, 0.25) is 0 Å². The highest BCUT2D eigenvalue weighted by atomic mass is 15.0. The molecule has 3 aromatic heterocycles. The third-order valence-corrected chi connectivity index (χ3v) is 10.8. The number of aromatic nitrogens is 5. The van der Waals surface area contributed by atoms with Gasteiger partial charge in [-0.3, -0.25) is 0 Å². The zero-order valence-electron chi connectivity index (χ0n) is 30.8. The lowest BCUT2D eigenvalue weighted by molar-refractivity contribution is 1.18. The van der Waals surface area contributed by atoms with Crippen molar-refractivity contribution in [1.29, 1.82) is 0 Å². The van der Waals surface area contributed by atoms with Crippen molar-refractivity contribution in [1.82, 2.24) is 24.5 Å². The topological polar surface area (TPSA) is 56.5 Å². The Morgan fingerprint density at radius 1 is 0.333 bits per heavy atom. The minimum Gasteiger partial charge on any atom is -0.309 e. The van der Waals surface area contributed by atoms with Gasteiger partial charge in [-0.25, -0.2) is 19.9 Å². The highest BCUT2D eigenvalue weighted by molar-refractivity contribution is 6.09. The van der Waals surface area contributed by atoms with E-state index in [2.05, 4.69) is 144 Å². The van der Waals surface area contributed by atoms with Crippen molar-refractivity contribution in [2.45, 2.75) is 0 Å². The maximum Gasteiger partial charge on any atom is 0.160 e. The second-order valence-electron chi connectivity index (χ2n) is 14.3. The quantitative estimate of drug-likeness (QED) is 0.171. The van der Waals surface area contributed by atoms with Crippen molar-refractivity contribution in [2.75, 3.05) is 0 Å². The minimum atomic E-state index is 0.649. The van der Waals surface area contributed by atoms with Crippen molar-refractivity contribution < 1.29 is 0 Å². The molecule has 266 valence electrons. The normalized spacial score (nSPS) is 11.5. The van der Waals surface area contributed by atoms with E-state index >= 15 is 0 Å². The molecule has 0 amide bonds. The summed E-state index contributed by atoms with van der Waals surface area (Å²) in [5.74, 6) is 1.30. The summed E-state index contributed by atoms with van der Waals surface area (Å²) in [4.78, 5) is 20.1. The maximum absolute atomic E-state index is 5.22. The Balaban J connectivity index is 1.00. The molecule has 0 bridgehead atoms. The molecule has 5 heteroatoms. The summed E-state index contributed by atoms with van der Waals surface area (Å²) in [6.07, 6.45) is 1.89. The summed E-state index contributed by atoms with van der Waals surface area (Å²) in [5.41, 5.74) is 13.5. The molecule has 8 aromatic carbocycles. The molecule has 0 saturated carbocycles. The summed E-state index contributed by atoms with van der Waals surface area (Å²) < 4.78 is 2.35. The van der Waals surface area contributed by atoms with Crippen molar-refractivity contribution in [3.05, 3.63) is 200 Å². The average molecular weight is 728 g/mol. The first-order valence-electron chi connectivity index (χ1n) is 19.1. The fourth-order valence-corrected chi connectivity index (χ4v) is 8.04. The number of hydrogen-bond donors (Lipinski definition) is 0. The molecular formula is C52H33N5. The predicted molar refractivity (Wildman–Crippen MR) is 234 cm³/mol. The van der Waals surface area contributed by atoms with Crippen LogP contribution in [0.3, 0.4) is 0 Å². The highest BCUT2D eigenvalue weighted by Gasteiger charge is 2.16. The number of fused-ring (bicyclic) bond motifs is 5. The van der Waals surface area contributed by atoms with E-state index in [0.29, 0.717) is 11.6 Å². The van der Waals surface area contributed by atoms with E-state index < -0.39 is 0 Å². The van der Waals surface area contributed by atoms with Gasteiger partial charge in [0.05, 0.1) is 27.8 Å². The van der Waals surface area contributed by atoms with Gasteiger partial charge in [-0.1, -0.05) is 140 Å². The smallest absolute Gasteiger partial charge is 0.160 e. The van der Waals surface area contributed by atoms with Crippen LogP contribution in [-0.2, 0) is 0 Å². The van der Waals surface area contributed by atoms with Crippen LogP contribution in [0.1, 0.15) is 0 Å². The molecule has 5 nitrogen and oxygen atoms in total. The molecule has 57 heavy (non-hydrogen) atoms. The molecule has 0 unspecified atom stereocenters. The molecular weight excluding hydrogens is 695 g/mol. The molecule has 11 aromatic rings. The molecule has 3 heterocycles. The third kappa shape index (κ3) is 5.81. The van der Waals surface area contributed by atoms with Crippen LogP contribution in [0.5, 0.6) is 0 Å². The molecule has 0 atom stereocenters. The van der Waals surface area contributed by atoms with Crippen LogP contribution >= 0.6 is 0 Å². The molecule has 0 fully saturated rings. The first-order chi connectivity index (χ1) is 28.2. The number of para-hydroxylation sites is 4. The lowest BCUT2D eigenvalue weighted by atomic mass is 9.96. The number of nitrogens with zero attached hydrogens (tertiary/aromatic N) is 5. The van der Waals surface area contributed by atoms with Crippen molar-refractivity contribution in [3.63, 3.8) is 0 Å². The van der Waals surface area contributed by atoms with E-state index in [1.165, 1.54) is 21.8 Å². The maximum atomic E-state index is 5.22. The fourth-order valence-electron chi connectivity index (χ4n) is 8.04. The summed E-state index contributed by atoms with van der Waals surface area (Å²) >= 11 is 0. The van der Waals surface area contributed by atoms with E-state index in [4.69, 9.17) is 19.9 Å². The molecule has 0 aliphatic rings. The number of benzene rings is 8. The van der Waals surface area contributed by atoms with Gasteiger partial charge in [0.15, 0.2) is 11.6 Å². The van der Waals surface area contributed by atoms with Crippen LogP contribution < -0.4 is 0 Å². The van der Waals surface area contributed by atoms with Crippen LogP contribution in [0, 0.1) is 0 Å². The Kier molecular flexibility index (Phi) is 7.74. The van der Waals surface area contributed by atoms with Crippen LogP contribution in [0.2, 0.25) is 0 Å². The van der Waals surface area contributed by atoms with Gasteiger partial charge >= 0.3 is 0 Å². The van der Waals surface area contributed by atoms with E-state index in [9.17, 15) is 0 Å². The lowest BCUT2D eigenvalue weighted by Gasteiger charge is -2.13. The second kappa shape index (κ2) is 13.5. The third-order valence-electron chi connectivity index (χ3n) is 10.8. The van der Waals surface area contributed by atoms with E-state index in [-0.39, 0.29) is 0 Å². The van der Waals surface area contributed by atoms with E-state index in [1.807, 2.05) is 60.8 Å². The van der Waals surface area contributed by atoms with Gasteiger partial charge < -0.3 is 4.57 Å². The van der Waals surface area contributed by atoms with Gasteiger partial charge in [-0.2, -0.15) is 0 Å². The van der Waals surface area contributed by atoms with E-state index in [0.717, 1.165) is 72.1 Å². The summed E-state index contributed by atoms with van der Waals surface area (Å²) in [5, 5.41) is 4.54. The van der Waals surface area contributed by atoms with Crippen molar-refractivity contribution in [2.24, 2.45) is 0 Å². The Labute approximate surface area is 329 Å². The van der Waals surface area contributed by atoms with Crippen LogP contribution in [0.25, 0.3) is 106 Å². The predicted octanol–water partition coefficient (Wildman–Crippen LogP) is 13.0. The molecule has 0 N–H and O–H groups in total. The monoisotopic (exact) mass is 727 g/mol. The Bertz CT molecular complexity index is 3220. The Hall–Kier alpha value is -7.76. The average Bonchev–Trinajstić information content (AvgIpc) is 3.63. The lowest BCUT2D eigenvalue weighted by Crippen LogP contribution is -1.97. The molecule has 0 aliphatic carbocycles. The molecule has 0 aliphatic heterocycles. The highest BCUT2D eigenvalue weighted by Crippen LogP contribution is 2.36. The summed E-state index contributed by atoms with van der Waals surface area (Å²) in [7, 11) is 0. The minimum absolute atomic E-state index is 0.649. The van der Waals surface area contributed by atoms with Crippen molar-refractivity contribution >= 4 is 43.6 Å². The van der Waals surface area contributed by atoms with Crippen LogP contribution in [-0.4, -0.2) is 24.5 Å². The fraction of sp³-hybridized carbons (Fsp3) is 0. The van der Waals surface area contributed by atoms with Gasteiger partial charge in [-0.05, 0) is 76.9 Å². The zero-order chi connectivity index (χ0) is 37.7. The first-order valence-corrected chi connectivity index (χ1v) is 19.1. The summed E-state index contributed by atoms with van der Waals surface area (Å²) in [6, 6.07) is 67.9. The van der Waals surface area contributed by atoms with Crippen molar-refractivity contribution in [3.8, 4) is 62.0 Å². The molecule has 0 saturated heterocycles. The van der Waals surface area contributed by atoms with Gasteiger partial charge in [-0.15, -0.1) is 0 Å². The SMILES string of the molecule is c1ccc(-c2nc(-c3cc(-c4ccc(-c5ccc(-n6c7ccccc7c7ccccc76)cc5)cc4)cc(-c4ncc5ccccc5n4)c3)nc3ccccc23)cc1.